The number of carboxylic acids is 1. The van der Waals surface area contributed by atoms with Crippen LogP contribution in [0.25, 0.3) is 0 Å². The highest BCUT2D eigenvalue weighted by Crippen LogP contribution is 2.27. The van der Waals surface area contributed by atoms with Crippen LogP contribution in [-0.2, 0) is 30.4 Å². The van der Waals surface area contributed by atoms with Gasteiger partial charge in [0.05, 0.1) is 0 Å². The summed E-state index contributed by atoms with van der Waals surface area (Å²) in [6, 6.07) is 4.77. The van der Waals surface area contributed by atoms with E-state index < -0.39 is 53.8 Å². The Labute approximate surface area is 263 Å². The third-order valence-electron chi connectivity index (χ3n) is 7.17. The molecule has 2 unspecified atom stereocenters. The molecule has 0 heterocycles. The number of amidine groups is 1. The van der Waals surface area contributed by atoms with E-state index in [-0.39, 0.29) is 30.6 Å². The van der Waals surface area contributed by atoms with Gasteiger partial charge >= 0.3 is 12.1 Å². The van der Waals surface area contributed by atoms with Gasteiger partial charge in [-0.25, -0.2) is 4.79 Å². The molecule has 1 aromatic carbocycles. The van der Waals surface area contributed by atoms with Gasteiger partial charge in [-0.3, -0.25) is 30.0 Å². The molecule has 4 amide bonds. The van der Waals surface area contributed by atoms with Crippen LogP contribution in [0.15, 0.2) is 24.3 Å². The lowest BCUT2D eigenvalue weighted by Gasteiger charge is -2.32. The van der Waals surface area contributed by atoms with Crippen molar-refractivity contribution >= 4 is 41.4 Å². The smallest absolute Gasteiger partial charge is 0.475 e. The summed E-state index contributed by atoms with van der Waals surface area (Å²) in [6.07, 6.45) is -0.0699. The normalized spacial score (nSPS) is 15.0. The summed E-state index contributed by atoms with van der Waals surface area (Å²) in [7, 11) is 1.44. The Morgan fingerprint density at radius 2 is 1.50 bits per heavy atom. The number of nitrogens with one attached hydrogen (secondary N) is 6. The summed E-state index contributed by atoms with van der Waals surface area (Å²) >= 11 is 0. The number of alkyl halides is 3. The van der Waals surface area contributed by atoms with Gasteiger partial charge in [-0.2, -0.15) is 13.2 Å². The number of rotatable bonds is 14. The number of carboxylic acid groups (broad SMARTS) is 1. The third-order valence-corrected chi connectivity index (χ3v) is 7.17. The molecule has 1 aliphatic carbocycles. The number of nitrogen functional groups attached to an aromatic ring is 1. The average Bonchev–Trinajstić information content (AvgIpc) is 2.99. The zero-order chi connectivity index (χ0) is 35.0. The summed E-state index contributed by atoms with van der Waals surface area (Å²) in [6.45, 7) is 0.332. The number of carbonyl (C=O) groups is 5. The van der Waals surface area contributed by atoms with Crippen LogP contribution in [0.2, 0.25) is 0 Å². The zero-order valence-corrected chi connectivity index (χ0v) is 25.3. The molecule has 0 aromatic heterocycles. The molecule has 1 aromatic rings. The van der Waals surface area contributed by atoms with Crippen LogP contribution in [0, 0.1) is 22.7 Å². The number of hydrogen-bond acceptors (Lipinski definition) is 7. The number of halogens is 3. The quantitative estimate of drug-likeness (QED) is 0.0548. The molecule has 15 nitrogen and oxygen atoms in total. The fourth-order valence-electron chi connectivity index (χ4n) is 4.73. The predicted molar refractivity (Wildman–Crippen MR) is 161 cm³/mol. The highest BCUT2D eigenvalue weighted by Gasteiger charge is 2.38. The first kappa shape index (κ1) is 39.1. The number of nitrogens with two attached hydrogens (primary N) is 3. The van der Waals surface area contributed by atoms with E-state index in [0.717, 1.165) is 32.1 Å². The SMILES string of the molecule is CNC(=O)C(Cc1ccc(C(=N)N)cc1)C(=O)N[C@H](C(=O)NC(CCCNC(=N)N)C(N)=O)C1CCCCC1.O=C(O)C(F)(F)F. The highest BCUT2D eigenvalue weighted by molar-refractivity contribution is 6.02. The van der Waals surface area contributed by atoms with Crippen molar-refractivity contribution in [3.8, 4) is 0 Å². The number of amides is 4. The lowest BCUT2D eigenvalue weighted by molar-refractivity contribution is -0.192. The van der Waals surface area contributed by atoms with Crippen molar-refractivity contribution in [2.24, 2.45) is 29.0 Å². The molecule has 1 fully saturated rings. The number of carbonyl (C=O) groups excluding carboxylic acids is 4. The fraction of sp³-hybridized carbons (Fsp3) is 0.536. The Kier molecular flexibility index (Phi) is 16.0. The van der Waals surface area contributed by atoms with Crippen molar-refractivity contribution in [3.63, 3.8) is 0 Å². The van der Waals surface area contributed by atoms with Gasteiger partial charge in [0.2, 0.25) is 23.6 Å². The number of aliphatic carboxylic acids is 1. The van der Waals surface area contributed by atoms with Gasteiger partial charge < -0.3 is 43.6 Å². The Balaban J connectivity index is 0.00000135. The second-order valence-electron chi connectivity index (χ2n) is 10.6. The van der Waals surface area contributed by atoms with Crippen molar-refractivity contribution in [2.45, 2.75) is 69.6 Å². The minimum absolute atomic E-state index is 0.0791. The van der Waals surface area contributed by atoms with Crippen molar-refractivity contribution in [1.29, 1.82) is 10.8 Å². The standard InChI is InChI=1S/C26H41N9O4.C2HF3O2/c1-32-23(37)18(14-15-9-11-17(12-10-15)21(27)28)24(38)35-20(16-6-3-2-4-7-16)25(39)34-19(22(29)36)8-5-13-33-26(30)31;3-2(4,5)1(6)7/h9-12,16,18-20H,2-8,13-14H2,1H3,(H3,27,28)(H2,29,36)(H,32,37)(H,34,39)(H,35,38)(H4,30,31,33);(H,6,7)/t18?,19?,20-;/m0./s1. The van der Waals surface area contributed by atoms with Crippen LogP contribution in [0.3, 0.4) is 0 Å². The number of primary amides is 1. The van der Waals surface area contributed by atoms with Gasteiger partial charge in [0.15, 0.2) is 5.96 Å². The van der Waals surface area contributed by atoms with E-state index in [1.165, 1.54) is 7.05 Å². The van der Waals surface area contributed by atoms with Crippen molar-refractivity contribution < 1.29 is 42.3 Å². The molecule has 13 N–H and O–H groups in total. The van der Waals surface area contributed by atoms with Gasteiger partial charge in [-0.1, -0.05) is 43.5 Å². The molecular weight excluding hydrogens is 615 g/mol. The van der Waals surface area contributed by atoms with Gasteiger partial charge in [0.1, 0.15) is 23.8 Å². The van der Waals surface area contributed by atoms with Crippen LogP contribution in [0.4, 0.5) is 13.2 Å². The van der Waals surface area contributed by atoms with E-state index in [1.807, 2.05) is 0 Å². The number of benzene rings is 1. The largest absolute Gasteiger partial charge is 0.490 e. The minimum Gasteiger partial charge on any atom is -0.475 e. The summed E-state index contributed by atoms with van der Waals surface area (Å²) in [5.41, 5.74) is 17.5. The fourth-order valence-corrected chi connectivity index (χ4v) is 4.73. The zero-order valence-electron chi connectivity index (χ0n) is 25.3. The predicted octanol–water partition coefficient (Wildman–Crippen LogP) is -0.193. The molecule has 1 aliphatic rings. The van der Waals surface area contributed by atoms with Crippen LogP contribution < -0.4 is 38.5 Å². The topological polar surface area (TPSA) is 279 Å². The van der Waals surface area contributed by atoms with E-state index in [2.05, 4.69) is 21.3 Å². The molecule has 1 saturated carbocycles. The Bertz CT molecular complexity index is 1240. The van der Waals surface area contributed by atoms with Crippen LogP contribution in [0.5, 0.6) is 0 Å². The van der Waals surface area contributed by atoms with E-state index in [9.17, 15) is 32.3 Å². The molecule has 0 bridgehead atoms. The summed E-state index contributed by atoms with van der Waals surface area (Å²) < 4.78 is 31.7. The maximum Gasteiger partial charge on any atom is 0.490 e. The second-order valence-corrected chi connectivity index (χ2v) is 10.6. The maximum atomic E-state index is 13.4. The Morgan fingerprint density at radius 1 is 0.935 bits per heavy atom. The average molecular weight is 658 g/mol. The van der Waals surface area contributed by atoms with Gasteiger partial charge in [-0.15, -0.1) is 0 Å². The molecule has 0 saturated heterocycles. The lowest BCUT2D eigenvalue weighted by atomic mass is 9.83. The van der Waals surface area contributed by atoms with Crippen LogP contribution in [0.1, 0.15) is 56.1 Å². The molecule has 2 rings (SSSR count). The molecule has 0 aliphatic heterocycles. The van der Waals surface area contributed by atoms with E-state index in [0.29, 0.717) is 24.1 Å². The van der Waals surface area contributed by atoms with Gasteiger partial charge in [0, 0.05) is 19.2 Å². The van der Waals surface area contributed by atoms with E-state index >= 15 is 0 Å². The summed E-state index contributed by atoms with van der Waals surface area (Å²) in [5, 5.41) is 32.5. The summed E-state index contributed by atoms with van der Waals surface area (Å²) in [4.78, 5) is 60.5. The van der Waals surface area contributed by atoms with Crippen molar-refractivity contribution in [2.75, 3.05) is 13.6 Å². The van der Waals surface area contributed by atoms with E-state index in [1.54, 1.807) is 24.3 Å². The molecular formula is C28H42F3N9O6. The minimum atomic E-state index is -5.08. The first-order valence-corrected chi connectivity index (χ1v) is 14.4. The highest BCUT2D eigenvalue weighted by atomic mass is 19.4. The summed E-state index contributed by atoms with van der Waals surface area (Å²) in [5.74, 6) is -6.65. The molecule has 3 atom stereocenters. The molecule has 46 heavy (non-hydrogen) atoms. The maximum absolute atomic E-state index is 13.4. The first-order valence-electron chi connectivity index (χ1n) is 14.4. The number of guanidine groups is 1. The van der Waals surface area contributed by atoms with Crippen molar-refractivity contribution in [3.05, 3.63) is 35.4 Å². The van der Waals surface area contributed by atoms with E-state index in [4.69, 9.17) is 37.9 Å². The van der Waals surface area contributed by atoms with Gasteiger partial charge in [0.25, 0.3) is 0 Å². The third kappa shape index (κ3) is 13.8. The Hall–Kier alpha value is -4.90. The molecule has 0 spiro atoms. The monoisotopic (exact) mass is 657 g/mol. The lowest BCUT2D eigenvalue weighted by Crippen LogP contribution is -2.57. The van der Waals surface area contributed by atoms with Crippen LogP contribution in [-0.4, -0.2) is 78.4 Å². The van der Waals surface area contributed by atoms with Gasteiger partial charge in [-0.05, 0) is 43.6 Å². The second kappa shape index (κ2) is 18.8. The molecule has 256 valence electrons. The number of hydrogen-bond donors (Lipinski definition) is 10. The molecule has 18 heteroatoms. The molecule has 0 radical (unpaired) electrons. The van der Waals surface area contributed by atoms with Crippen molar-refractivity contribution in [1.82, 2.24) is 21.3 Å². The Morgan fingerprint density at radius 3 is 1.96 bits per heavy atom. The first-order chi connectivity index (χ1) is 21.5. The van der Waals surface area contributed by atoms with Crippen LogP contribution >= 0.6 is 0 Å².